The molecule has 1 spiro atoms. The number of nitrogens with zero attached hydrogens (tertiary/aromatic N) is 3. The molecule has 50 heavy (non-hydrogen) atoms. The Morgan fingerprint density at radius 2 is 1.96 bits per heavy atom. The van der Waals surface area contributed by atoms with Crippen LogP contribution in [0.5, 0.6) is 11.5 Å². The summed E-state index contributed by atoms with van der Waals surface area (Å²) in [5, 5.41) is 27.6. The van der Waals surface area contributed by atoms with Crippen LogP contribution >= 0.6 is 11.3 Å². The lowest BCUT2D eigenvalue weighted by Crippen LogP contribution is -2.56. The highest BCUT2D eigenvalue weighted by molar-refractivity contribution is 7.09. The smallest absolute Gasteiger partial charge is 0.248 e. The fraction of sp³-hybridized carbons (Fsp3) is 0.459. The largest absolute Gasteiger partial charge is 0.506 e. The third-order valence-corrected chi connectivity index (χ3v) is 10.8. The SMILES string of the molecule is C=C(c1csc(C(C)C)n1)N1CCOC2(CCN(CCOc3ccc(CCNC[C@H](O)c4ccc(O)c5[nH]c(=O)ccc45)c(F)c3F)CC2)C1. The Morgan fingerprint density at radius 3 is 2.72 bits per heavy atom. The van der Waals surface area contributed by atoms with Crippen LogP contribution in [0.4, 0.5) is 8.78 Å². The van der Waals surface area contributed by atoms with Crippen molar-refractivity contribution in [1.82, 2.24) is 25.1 Å². The third kappa shape index (κ3) is 8.02. The summed E-state index contributed by atoms with van der Waals surface area (Å²) in [5.74, 6) is -1.78. The molecule has 0 amide bonds. The first kappa shape index (κ1) is 35.9. The molecule has 0 aliphatic carbocycles. The number of hydrogen-bond acceptors (Lipinski definition) is 10. The molecule has 268 valence electrons. The van der Waals surface area contributed by atoms with Crippen molar-refractivity contribution in [1.29, 1.82) is 0 Å². The standard InChI is InChI=1S/C37H45F2N5O5S/c1-23(2)36-41-28(21-50-36)24(3)44-17-19-49-37(22-44)11-14-43(15-12-37)16-18-48-31-8-4-25(33(38)34(31)39)10-13-40-20-30(46)26-5-7-29(45)35-27(26)6-9-32(47)42-35/h4-9,21,23,30,40,45-46H,3,10-20,22H2,1-2H3,(H,42,47)/t30-/m0/s1. The number of benzene rings is 2. The summed E-state index contributed by atoms with van der Waals surface area (Å²) >= 11 is 1.67. The van der Waals surface area contributed by atoms with Gasteiger partial charge in [-0.25, -0.2) is 9.37 Å². The van der Waals surface area contributed by atoms with Crippen molar-refractivity contribution < 1.29 is 28.5 Å². The zero-order valence-corrected chi connectivity index (χ0v) is 29.3. The Hall–Kier alpha value is -3.88. The number of fused-ring (bicyclic) bond motifs is 1. The van der Waals surface area contributed by atoms with Gasteiger partial charge in [-0.15, -0.1) is 11.3 Å². The Bertz CT molecular complexity index is 1870. The van der Waals surface area contributed by atoms with E-state index in [1.165, 1.54) is 24.3 Å². The van der Waals surface area contributed by atoms with Crippen molar-refractivity contribution in [3.05, 3.63) is 92.2 Å². The Kier molecular flexibility index (Phi) is 11.2. The monoisotopic (exact) mass is 709 g/mol. The van der Waals surface area contributed by atoms with E-state index in [-0.39, 0.29) is 59.9 Å². The molecule has 10 nitrogen and oxygen atoms in total. The molecular weight excluding hydrogens is 665 g/mol. The maximum absolute atomic E-state index is 15.0. The van der Waals surface area contributed by atoms with Crippen LogP contribution in [-0.2, 0) is 11.2 Å². The molecule has 4 aromatic rings. The number of rotatable bonds is 13. The van der Waals surface area contributed by atoms with Gasteiger partial charge in [0.2, 0.25) is 11.4 Å². The van der Waals surface area contributed by atoms with Gasteiger partial charge in [-0.05, 0) is 55.1 Å². The molecule has 13 heteroatoms. The summed E-state index contributed by atoms with van der Waals surface area (Å²) in [6.07, 6.45) is 0.967. The average molecular weight is 710 g/mol. The van der Waals surface area contributed by atoms with Gasteiger partial charge < -0.3 is 34.9 Å². The molecule has 2 aromatic heterocycles. The second kappa shape index (κ2) is 15.6. The van der Waals surface area contributed by atoms with Crippen molar-refractivity contribution in [3.8, 4) is 11.5 Å². The van der Waals surface area contributed by atoms with Gasteiger partial charge >= 0.3 is 0 Å². The van der Waals surface area contributed by atoms with Crippen LogP contribution in [0, 0.1) is 11.6 Å². The molecule has 6 rings (SSSR count). The van der Waals surface area contributed by atoms with Gasteiger partial charge in [0.1, 0.15) is 12.4 Å². The number of H-pyrrole nitrogens is 1. The molecule has 1 atom stereocenters. The number of aromatic amines is 1. The predicted octanol–water partition coefficient (Wildman–Crippen LogP) is 5.17. The molecule has 0 radical (unpaired) electrons. The van der Waals surface area contributed by atoms with E-state index in [0.29, 0.717) is 30.0 Å². The van der Waals surface area contributed by atoms with Crippen molar-refractivity contribution in [3.63, 3.8) is 0 Å². The van der Waals surface area contributed by atoms with Crippen LogP contribution in [0.1, 0.15) is 60.5 Å². The second-order valence-corrected chi connectivity index (χ2v) is 14.3. The van der Waals surface area contributed by atoms with Crippen molar-refractivity contribution in [2.45, 2.75) is 50.7 Å². The number of morpholine rings is 1. The van der Waals surface area contributed by atoms with Gasteiger partial charge in [-0.1, -0.05) is 32.6 Å². The number of aliphatic hydroxyl groups excluding tert-OH is 1. The molecule has 2 saturated heterocycles. The van der Waals surface area contributed by atoms with Crippen LogP contribution in [0.3, 0.4) is 0 Å². The van der Waals surface area contributed by atoms with Crippen LogP contribution in [0.25, 0.3) is 16.6 Å². The number of phenolic OH excluding ortho intramolecular Hbond substituents is 1. The average Bonchev–Trinajstić information content (AvgIpc) is 3.61. The first-order valence-electron chi connectivity index (χ1n) is 17.1. The number of aliphatic hydroxyl groups is 1. The lowest BCUT2D eigenvalue weighted by atomic mass is 9.89. The second-order valence-electron chi connectivity index (χ2n) is 13.4. The molecule has 2 aliphatic rings. The molecule has 0 saturated carbocycles. The summed E-state index contributed by atoms with van der Waals surface area (Å²) in [6.45, 7) is 13.7. The highest BCUT2D eigenvalue weighted by Gasteiger charge is 2.40. The lowest BCUT2D eigenvalue weighted by Gasteiger charge is -2.48. The van der Waals surface area contributed by atoms with Crippen molar-refractivity contribution >= 4 is 27.9 Å². The number of ether oxygens (including phenoxy) is 2. The summed E-state index contributed by atoms with van der Waals surface area (Å²) < 4.78 is 41.9. The minimum absolute atomic E-state index is 0.0940. The number of thiazole rings is 1. The molecule has 2 fully saturated rings. The third-order valence-electron chi connectivity index (χ3n) is 9.68. The zero-order valence-electron chi connectivity index (χ0n) is 28.5. The summed E-state index contributed by atoms with van der Waals surface area (Å²) in [7, 11) is 0. The highest BCUT2D eigenvalue weighted by atomic mass is 32.1. The number of piperidine rings is 1. The van der Waals surface area contributed by atoms with Crippen LogP contribution < -0.4 is 15.6 Å². The minimum atomic E-state index is -1.01. The van der Waals surface area contributed by atoms with E-state index in [1.807, 2.05) is 0 Å². The van der Waals surface area contributed by atoms with Crippen LogP contribution in [0.2, 0.25) is 0 Å². The fourth-order valence-electron chi connectivity index (χ4n) is 6.69. The maximum Gasteiger partial charge on any atom is 0.248 e. The van der Waals surface area contributed by atoms with E-state index >= 15 is 0 Å². The van der Waals surface area contributed by atoms with Crippen LogP contribution in [0.15, 0.2) is 53.2 Å². The van der Waals surface area contributed by atoms with Crippen molar-refractivity contribution in [2.24, 2.45) is 0 Å². The first-order chi connectivity index (χ1) is 24.0. The molecule has 4 heterocycles. The van der Waals surface area contributed by atoms with E-state index in [2.05, 4.69) is 45.9 Å². The van der Waals surface area contributed by atoms with Gasteiger partial charge in [-0.3, -0.25) is 9.69 Å². The molecule has 0 bridgehead atoms. The molecular formula is C37H45F2N5O5S. The van der Waals surface area contributed by atoms with E-state index in [1.54, 1.807) is 23.5 Å². The first-order valence-corrected chi connectivity index (χ1v) is 18.0. The minimum Gasteiger partial charge on any atom is -0.506 e. The van der Waals surface area contributed by atoms with E-state index in [0.717, 1.165) is 55.4 Å². The quantitative estimate of drug-likeness (QED) is 0.139. The normalized spacial score (nSPS) is 17.1. The Balaban J connectivity index is 0.935. The summed E-state index contributed by atoms with van der Waals surface area (Å²) in [5.41, 5.74) is 2.25. The lowest BCUT2D eigenvalue weighted by molar-refractivity contribution is -0.124. The topological polar surface area (TPSA) is 123 Å². The summed E-state index contributed by atoms with van der Waals surface area (Å²) in [6, 6.07) is 8.84. The predicted molar refractivity (Wildman–Crippen MR) is 191 cm³/mol. The van der Waals surface area contributed by atoms with Crippen LogP contribution in [-0.4, -0.2) is 94.6 Å². The van der Waals surface area contributed by atoms with E-state index in [9.17, 15) is 23.8 Å². The van der Waals surface area contributed by atoms with Gasteiger partial charge in [0.05, 0.1) is 40.2 Å². The number of phenols is 1. The van der Waals surface area contributed by atoms with Crippen molar-refractivity contribution in [2.75, 3.05) is 59.0 Å². The maximum atomic E-state index is 15.0. The van der Waals surface area contributed by atoms with E-state index in [4.69, 9.17) is 14.5 Å². The fourth-order valence-corrected chi connectivity index (χ4v) is 7.54. The van der Waals surface area contributed by atoms with Gasteiger partial charge in [0.15, 0.2) is 11.6 Å². The number of hydrogen-bond donors (Lipinski definition) is 4. The number of aromatic nitrogens is 2. The molecule has 2 aromatic carbocycles. The molecule has 4 N–H and O–H groups in total. The zero-order chi connectivity index (χ0) is 35.4. The summed E-state index contributed by atoms with van der Waals surface area (Å²) in [4.78, 5) is 23.6. The Labute approximate surface area is 294 Å². The number of likely N-dealkylation sites (tertiary alicyclic amines) is 1. The number of pyridine rings is 1. The number of halogens is 2. The number of nitrogens with one attached hydrogen (secondary N) is 2. The molecule has 2 aliphatic heterocycles. The Morgan fingerprint density at radius 1 is 1.16 bits per heavy atom. The van der Waals surface area contributed by atoms with E-state index < -0.39 is 17.7 Å². The molecule has 0 unspecified atom stereocenters. The highest BCUT2D eigenvalue weighted by Crippen LogP contribution is 2.34. The van der Waals surface area contributed by atoms with Gasteiger partial charge in [0.25, 0.3) is 0 Å². The van der Waals surface area contributed by atoms with Gasteiger partial charge in [0, 0.05) is 62.0 Å². The number of aromatic hydroxyl groups is 1. The van der Waals surface area contributed by atoms with Gasteiger partial charge in [-0.2, -0.15) is 4.39 Å².